The van der Waals surface area contributed by atoms with Crippen LogP contribution in [-0.4, -0.2) is 17.0 Å². The Balaban J connectivity index is 2.09. The molecule has 0 bridgehead atoms. The number of hydrogen-bond donors (Lipinski definition) is 2. The van der Waals surface area contributed by atoms with Crippen molar-refractivity contribution in [2.75, 3.05) is 5.32 Å². The van der Waals surface area contributed by atoms with Crippen molar-refractivity contribution in [3.8, 4) is 5.75 Å². The normalized spacial score (nSPS) is 10.3. The van der Waals surface area contributed by atoms with Crippen LogP contribution in [0, 0.1) is 4.64 Å². The zero-order valence-electron chi connectivity index (χ0n) is 11.3. The number of carbonyl (C=O) groups is 1. The second-order valence-electron chi connectivity index (χ2n) is 4.56. The molecule has 1 aromatic heterocycles. The number of hydrogen-bond acceptors (Lipinski definition) is 3. The highest BCUT2D eigenvalue weighted by Crippen LogP contribution is 2.17. The summed E-state index contributed by atoms with van der Waals surface area (Å²) in [6.45, 7) is 3.93. The van der Waals surface area contributed by atoms with Gasteiger partial charge in [-0.3, -0.25) is 4.79 Å². The number of aromatic nitrogens is 1. The molecule has 5 heteroatoms. The van der Waals surface area contributed by atoms with Gasteiger partial charge in [0.1, 0.15) is 10.4 Å². The van der Waals surface area contributed by atoms with Gasteiger partial charge < -0.3 is 15.0 Å². The lowest BCUT2D eigenvalue weighted by Gasteiger charge is -2.10. The fourth-order valence-electron chi connectivity index (χ4n) is 1.69. The quantitative estimate of drug-likeness (QED) is 0.842. The smallest absolute Gasteiger partial charge is 0.258 e. The van der Waals surface area contributed by atoms with Crippen LogP contribution < -0.4 is 10.1 Å². The van der Waals surface area contributed by atoms with Crippen molar-refractivity contribution in [2.24, 2.45) is 0 Å². The zero-order chi connectivity index (χ0) is 14.5. The Bertz CT molecular complexity index is 647. The average molecular weight is 288 g/mol. The first-order valence-electron chi connectivity index (χ1n) is 6.32. The lowest BCUT2D eigenvalue weighted by Crippen LogP contribution is -2.13. The first-order chi connectivity index (χ1) is 9.56. The molecule has 20 heavy (non-hydrogen) atoms. The van der Waals surface area contributed by atoms with E-state index in [1.807, 2.05) is 26.0 Å². The Morgan fingerprint density at radius 3 is 2.55 bits per heavy atom. The Morgan fingerprint density at radius 2 is 1.95 bits per heavy atom. The first-order valence-corrected chi connectivity index (χ1v) is 6.73. The van der Waals surface area contributed by atoms with E-state index in [-0.39, 0.29) is 12.0 Å². The highest BCUT2D eigenvalue weighted by molar-refractivity contribution is 7.71. The van der Waals surface area contributed by atoms with E-state index in [9.17, 15) is 4.79 Å². The third kappa shape index (κ3) is 3.68. The number of ether oxygens (including phenoxy) is 1. The topological polar surface area (TPSA) is 54.1 Å². The molecule has 0 aliphatic heterocycles. The van der Waals surface area contributed by atoms with Crippen molar-refractivity contribution in [3.63, 3.8) is 0 Å². The standard InChI is InChI=1S/C15H16N2O2S/c1-10(2)19-12-7-5-11(6-8-12)17-14(18)13-4-3-9-16-15(13)20/h3-10H,1-2H3,(H,16,20)(H,17,18). The van der Waals surface area contributed by atoms with Crippen molar-refractivity contribution in [1.29, 1.82) is 0 Å². The molecule has 0 spiro atoms. The lowest BCUT2D eigenvalue weighted by atomic mass is 10.2. The number of H-pyrrole nitrogens is 1. The lowest BCUT2D eigenvalue weighted by molar-refractivity contribution is 0.102. The molecule has 0 saturated heterocycles. The van der Waals surface area contributed by atoms with Crippen molar-refractivity contribution in [3.05, 3.63) is 52.8 Å². The third-order valence-corrected chi connectivity index (χ3v) is 2.88. The van der Waals surface area contributed by atoms with E-state index >= 15 is 0 Å². The molecule has 0 aliphatic carbocycles. The molecule has 2 rings (SSSR count). The molecule has 0 unspecified atom stereocenters. The SMILES string of the molecule is CC(C)Oc1ccc(NC(=O)c2ccc[nH]c2=S)cc1. The molecular weight excluding hydrogens is 272 g/mol. The summed E-state index contributed by atoms with van der Waals surface area (Å²) < 4.78 is 5.96. The molecule has 4 nitrogen and oxygen atoms in total. The van der Waals surface area contributed by atoms with Crippen molar-refractivity contribution < 1.29 is 9.53 Å². The molecule has 1 aromatic carbocycles. The van der Waals surface area contributed by atoms with Crippen LogP contribution in [-0.2, 0) is 0 Å². The summed E-state index contributed by atoms with van der Waals surface area (Å²) in [5.74, 6) is 0.541. The van der Waals surface area contributed by atoms with Gasteiger partial charge in [0, 0.05) is 11.9 Å². The molecule has 2 N–H and O–H groups in total. The van der Waals surface area contributed by atoms with E-state index in [0.717, 1.165) is 5.75 Å². The average Bonchev–Trinajstić information content (AvgIpc) is 2.41. The number of rotatable bonds is 4. The minimum Gasteiger partial charge on any atom is -0.491 e. The maximum absolute atomic E-state index is 12.1. The van der Waals surface area contributed by atoms with Gasteiger partial charge >= 0.3 is 0 Å². The van der Waals surface area contributed by atoms with Crippen LogP contribution >= 0.6 is 12.2 Å². The van der Waals surface area contributed by atoms with Crippen LogP contribution in [0.25, 0.3) is 0 Å². The second kappa shape index (κ2) is 6.34. The highest BCUT2D eigenvalue weighted by Gasteiger charge is 2.07. The summed E-state index contributed by atoms with van der Waals surface area (Å²) in [5.41, 5.74) is 1.15. The van der Waals surface area contributed by atoms with Crippen molar-refractivity contribution in [1.82, 2.24) is 4.98 Å². The summed E-state index contributed by atoms with van der Waals surface area (Å²) in [5, 5.41) is 2.80. The molecule has 0 fully saturated rings. The molecule has 0 radical (unpaired) electrons. The monoisotopic (exact) mass is 288 g/mol. The van der Waals surface area contributed by atoms with Gasteiger partial charge in [0.15, 0.2) is 0 Å². The number of benzene rings is 1. The first kappa shape index (κ1) is 14.3. The number of anilines is 1. The van der Waals surface area contributed by atoms with E-state index in [4.69, 9.17) is 17.0 Å². The van der Waals surface area contributed by atoms with Gasteiger partial charge in [0.25, 0.3) is 5.91 Å². The highest BCUT2D eigenvalue weighted by atomic mass is 32.1. The summed E-state index contributed by atoms with van der Waals surface area (Å²) >= 11 is 5.08. The summed E-state index contributed by atoms with van der Waals surface area (Å²) in [4.78, 5) is 14.9. The summed E-state index contributed by atoms with van der Waals surface area (Å²) in [7, 11) is 0. The molecular formula is C15H16N2O2S. The zero-order valence-corrected chi connectivity index (χ0v) is 12.2. The van der Waals surface area contributed by atoms with Gasteiger partial charge in [-0.25, -0.2) is 0 Å². The van der Waals surface area contributed by atoms with Gasteiger partial charge in [0.2, 0.25) is 0 Å². The van der Waals surface area contributed by atoms with Gasteiger partial charge in [-0.1, -0.05) is 12.2 Å². The van der Waals surface area contributed by atoms with Crippen molar-refractivity contribution >= 4 is 23.8 Å². The number of aromatic amines is 1. The third-order valence-electron chi connectivity index (χ3n) is 2.55. The Labute approximate surface area is 122 Å². The minimum absolute atomic E-state index is 0.123. The molecule has 1 heterocycles. The Kier molecular flexibility index (Phi) is 4.53. The molecule has 1 amide bonds. The maximum atomic E-state index is 12.1. The minimum atomic E-state index is -0.232. The summed E-state index contributed by atoms with van der Waals surface area (Å²) in [6, 6.07) is 10.7. The van der Waals surface area contributed by atoms with Crippen LogP contribution in [0.5, 0.6) is 5.75 Å². The van der Waals surface area contributed by atoms with E-state index < -0.39 is 0 Å². The van der Waals surface area contributed by atoms with E-state index in [1.54, 1.807) is 30.5 Å². The van der Waals surface area contributed by atoms with Crippen LogP contribution in [0.3, 0.4) is 0 Å². The van der Waals surface area contributed by atoms with E-state index in [1.165, 1.54) is 0 Å². The number of carbonyl (C=O) groups excluding carboxylic acids is 1. The molecule has 0 aliphatic rings. The molecule has 0 saturated carbocycles. The maximum Gasteiger partial charge on any atom is 0.258 e. The number of amides is 1. The van der Waals surface area contributed by atoms with Crippen LogP contribution in [0.2, 0.25) is 0 Å². The molecule has 104 valence electrons. The van der Waals surface area contributed by atoms with Crippen LogP contribution in [0.15, 0.2) is 42.6 Å². The van der Waals surface area contributed by atoms with Gasteiger partial charge in [0.05, 0.1) is 11.7 Å². The predicted octanol–water partition coefficient (Wildman–Crippen LogP) is 3.78. The predicted molar refractivity (Wildman–Crippen MR) is 81.8 cm³/mol. The fourth-order valence-corrected chi connectivity index (χ4v) is 1.92. The molecule has 0 atom stereocenters. The second-order valence-corrected chi connectivity index (χ2v) is 4.97. The Morgan fingerprint density at radius 1 is 1.25 bits per heavy atom. The van der Waals surface area contributed by atoms with E-state index in [0.29, 0.717) is 15.9 Å². The molecule has 2 aromatic rings. The van der Waals surface area contributed by atoms with Gasteiger partial charge in [-0.15, -0.1) is 0 Å². The summed E-state index contributed by atoms with van der Waals surface area (Å²) in [6.07, 6.45) is 1.81. The van der Waals surface area contributed by atoms with Gasteiger partial charge in [-0.05, 0) is 50.2 Å². The van der Waals surface area contributed by atoms with E-state index in [2.05, 4.69) is 10.3 Å². The fraction of sp³-hybridized carbons (Fsp3) is 0.200. The Hall–Kier alpha value is -2.14. The largest absolute Gasteiger partial charge is 0.491 e. The van der Waals surface area contributed by atoms with Gasteiger partial charge in [-0.2, -0.15) is 0 Å². The number of pyridine rings is 1. The van der Waals surface area contributed by atoms with Crippen molar-refractivity contribution in [2.45, 2.75) is 20.0 Å². The number of nitrogens with one attached hydrogen (secondary N) is 2. The van der Waals surface area contributed by atoms with Crippen LogP contribution in [0.4, 0.5) is 5.69 Å². The van der Waals surface area contributed by atoms with Crippen LogP contribution in [0.1, 0.15) is 24.2 Å².